The first kappa shape index (κ1) is 26.8. The van der Waals surface area contributed by atoms with E-state index >= 15 is 0 Å². The van der Waals surface area contributed by atoms with Gasteiger partial charge in [-0.15, -0.1) is 11.3 Å². The van der Waals surface area contributed by atoms with Gasteiger partial charge in [-0.3, -0.25) is 9.69 Å². The molecule has 2 aliphatic rings. The molecule has 38 heavy (non-hydrogen) atoms. The van der Waals surface area contributed by atoms with Crippen molar-refractivity contribution in [2.75, 3.05) is 39.4 Å². The Morgan fingerprint density at radius 2 is 2.00 bits per heavy atom. The van der Waals surface area contributed by atoms with Gasteiger partial charge >= 0.3 is 0 Å². The summed E-state index contributed by atoms with van der Waals surface area (Å²) in [6, 6.07) is 17.8. The first-order valence-corrected chi connectivity index (χ1v) is 14.2. The van der Waals surface area contributed by atoms with Crippen molar-refractivity contribution in [1.29, 1.82) is 0 Å². The van der Waals surface area contributed by atoms with Crippen molar-refractivity contribution in [2.24, 2.45) is 5.92 Å². The number of fused-ring (bicyclic) bond motifs is 1. The van der Waals surface area contributed by atoms with E-state index in [1.807, 2.05) is 35.2 Å². The summed E-state index contributed by atoms with van der Waals surface area (Å²) in [6.45, 7) is 2.96. The van der Waals surface area contributed by atoms with Crippen LogP contribution < -0.4 is 4.74 Å². The number of aliphatic hydroxyl groups is 1. The van der Waals surface area contributed by atoms with Crippen LogP contribution in [0.1, 0.15) is 34.9 Å². The topological polar surface area (TPSA) is 62.2 Å². The Morgan fingerprint density at radius 3 is 2.79 bits per heavy atom. The number of hydrogen-bond acceptors (Lipinski definition) is 6. The van der Waals surface area contributed by atoms with Crippen LogP contribution in [0.15, 0.2) is 66.0 Å². The maximum Gasteiger partial charge on any atom is 0.237 e. The highest BCUT2D eigenvalue weighted by Crippen LogP contribution is 2.34. The van der Waals surface area contributed by atoms with Crippen LogP contribution in [0.2, 0.25) is 0 Å². The smallest absolute Gasteiger partial charge is 0.237 e. The van der Waals surface area contributed by atoms with Gasteiger partial charge in [-0.25, -0.2) is 4.39 Å². The lowest BCUT2D eigenvalue weighted by Gasteiger charge is -2.37. The molecule has 1 amide bonds. The fourth-order valence-corrected chi connectivity index (χ4v) is 5.92. The zero-order chi connectivity index (χ0) is 26.3. The third kappa shape index (κ3) is 7.41. The Balaban J connectivity index is 1.20. The first-order valence-electron chi connectivity index (χ1n) is 13.3. The second-order valence-electron chi connectivity index (χ2n) is 10.2. The number of ether oxygens (including phenoxy) is 2. The largest absolute Gasteiger partial charge is 0.491 e. The number of nitrogens with zero attached hydrogens (tertiary/aromatic N) is 2. The number of benzene rings is 2. The lowest BCUT2D eigenvalue weighted by atomic mass is 10.0. The molecular formula is C30H35FN2O4S. The molecule has 5 rings (SSSR count). The molecule has 8 heteroatoms. The summed E-state index contributed by atoms with van der Waals surface area (Å²) in [4.78, 5) is 18.9. The maximum absolute atomic E-state index is 13.7. The number of thiophene rings is 1. The molecule has 202 valence electrons. The predicted molar refractivity (Wildman–Crippen MR) is 146 cm³/mol. The molecule has 1 aliphatic heterocycles. The summed E-state index contributed by atoms with van der Waals surface area (Å²) in [7, 11) is 0. The number of hydrogen-bond donors (Lipinski definition) is 1. The molecule has 2 aromatic carbocycles. The van der Waals surface area contributed by atoms with Gasteiger partial charge in [0, 0.05) is 30.6 Å². The summed E-state index contributed by atoms with van der Waals surface area (Å²) in [5, 5.41) is 12.8. The van der Waals surface area contributed by atoms with Gasteiger partial charge in [0.15, 0.2) is 0 Å². The summed E-state index contributed by atoms with van der Waals surface area (Å²) in [5.41, 5.74) is 2.17. The van der Waals surface area contributed by atoms with E-state index in [0.717, 1.165) is 36.9 Å². The molecule has 1 N–H and O–H groups in total. The van der Waals surface area contributed by atoms with Crippen molar-refractivity contribution in [3.63, 3.8) is 0 Å². The monoisotopic (exact) mass is 538 g/mol. The van der Waals surface area contributed by atoms with E-state index in [9.17, 15) is 14.3 Å². The zero-order valence-corrected chi connectivity index (χ0v) is 22.3. The van der Waals surface area contributed by atoms with Gasteiger partial charge in [0.1, 0.15) is 18.2 Å². The van der Waals surface area contributed by atoms with E-state index < -0.39 is 6.10 Å². The van der Waals surface area contributed by atoms with Crippen LogP contribution in [-0.2, 0) is 22.6 Å². The predicted octanol–water partition coefficient (Wildman–Crippen LogP) is 4.68. The molecule has 1 saturated carbocycles. The maximum atomic E-state index is 13.7. The van der Waals surface area contributed by atoms with Gasteiger partial charge in [0.25, 0.3) is 0 Å². The second-order valence-corrected chi connectivity index (χ2v) is 11.2. The quantitative estimate of drug-likeness (QED) is 0.342. The minimum absolute atomic E-state index is 0.0211. The molecule has 2 heterocycles. The van der Waals surface area contributed by atoms with Crippen LogP contribution in [0.4, 0.5) is 4.39 Å². The number of carbonyl (C=O) groups is 1. The van der Waals surface area contributed by atoms with Gasteiger partial charge < -0.3 is 19.5 Å². The zero-order valence-electron chi connectivity index (χ0n) is 21.5. The molecule has 0 radical (unpaired) electrons. The highest BCUT2D eigenvalue weighted by molar-refractivity contribution is 7.10. The van der Waals surface area contributed by atoms with Crippen molar-refractivity contribution in [3.8, 4) is 5.75 Å². The van der Waals surface area contributed by atoms with E-state index in [1.54, 1.807) is 23.5 Å². The SMILES string of the molecule is O=C(CN(CC(O)COCc1ccccc1)CC1CC1)N1CCc2sccc2C1COc1cccc(F)c1. The van der Waals surface area contributed by atoms with Crippen molar-refractivity contribution < 1.29 is 23.8 Å². The number of amides is 1. The van der Waals surface area contributed by atoms with Crippen LogP contribution in [0.3, 0.4) is 0 Å². The van der Waals surface area contributed by atoms with E-state index in [1.165, 1.54) is 17.0 Å². The highest BCUT2D eigenvalue weighted by atomic mass is 32.1. The third-order valence-electron chi connectivity index (χ3n) is 7.08. The average molecular weight is 539 g/mol. The standard InChI is InChI=1S/C30H35FN2O4S/c31-24-7-4-8-26(15-24)37-21-28-27-12-14-38-29(27)11-13-33(28)30(35)18-32(16-22-9-10-22)17-25(34)20-36-19-23-5-2-1-3-6-23/h1-8,12,14-15,22,25,28,34H,9-11,13,16-21H2. The Labute approximate surface area is 227 Å². The second kappa shape index (κ2) is 12.8. The highest BCUT2D eigenvalue weighted by Gasteiger charge is 2.34. The van der Waals surface area contributed by atoms with E-state index in [2.05, 4.69) is 16.3 Å². The van der Waals surface area contributed by atoms with Crippen LogP contribution in [0, 0.1) is 11.7 Å². The lowest BCUT2D eigenvalue weighted by Crippen LogP contribution is -2.48. The average Bonchev–Trinajstić information content (AvgIpc) is 3.59. The van der Waals surface area contributed by atoms with Crippen LogP contribution in [0.5, 0.6) is 5.75 Å². The first-order chi connectivity index (χ1) is 18.5. The number of halogens is 1. The molecule has 1 fully saturated rings. The fourth-order valence-electron chi connectivity index (χ4n) is 5.00. The van der Waals surface area contributed by atoms with Crippen molar-refractivity contribution in [1.82, 2.24) is 9.80 Å². The minimum Gasteiger partial charge on any atom is -0.491 e. The van der Waals surface area contributed by atoms with Gasteiger partial charge in [0.05, 0.1) is 31.9 Å². The van der Waals surface area contributed by atoms with Crippen LogP contribution in [-0.4, -0.2) is 66.3 Å². The van der Waals surface area contributed by atoms with Gasteiger partial charge in [-0.05, 0) is 59.9 Å². The minimum atomic E-state index is -0.679. The molecule has 1 aliphatic carbocycles. The molecule has 2 unspecified atom stereocenters. The van der Waals surface area contributed by atoms with Gasteiger partial charge in [-0.1, -0.05) is 36.4 Å². The molecule has 6 nitrogen and oxygen atoms in total. The summed E-state index contributed by atoms with van der Waals surface area (Å²) < 4.78 is 25.4. The molecule has 2 atom stereocenters. The number of carbonyl (C=O) groups excluding carboxylic acids is 1. The van der Waals surface area contributed by atoms with Gasteiger partial charge in [-0.2, -0.15) is 0 Å². The fraction of sp³-hybridized carbons (Fsp3) is 0.433. The normalized spacial score (nSPS) is 17.9. The molecular weight excluding hydrogens is 503 g/mol. The summed E-state index contributed by atoms with van der Waals surface area (Å²) >= 11 is 1.70. The third-order valence-corrected chi connectivity index (χ3v) is 8.08. The summed E-state index contributed by atoms with van der Waals surface area (Å²) in [5.74, 6) is 0.705. The molecule has 0 bridgehead atoms. The van der Waals surface area contributed by atoms with Crippen LogP contribution >= 0.6 is 11.3 Å². The molecule has 1 aromatic heterocycles. The van der Waals surface area contributed by atoms with Crippen molar-refractivity contribution in [3.05, 3.63) is 87.9 Å². The molecule has 0 saturated heterocycles. The number of rotatable bonds is 13. The number of aliphatic hydroxyl groups excluding tert-OH is 1. The van der Waals surface area contributed by atoms with Crippen LogP contribution in [0.25, 0.3) is 0 Å². The van der Waals surface area contributed by atoms with E-state index in [4.69, 9.17) is 9.47 Å². The Hall–Kier alpha value is -2.78. The molecule has 0 spiro atoms. The van der Waals surface area contributed by atoms with Crippen molar-refractivity contribution in [2.45, 2.75) is 38.0 Å². The van der Waals surface area contributed by atoms with Crippen molar-refractivity contribution >= 4 is 17.2 Å². The Morgan fingerprint density at radius 1 is 1.16 bits per heavy atom. The Kier molecular flexibility index (Phi) is 9.06. The van der Waals surface area contributed by atoms with E-state index in [0.29, 0.717) is 31.4 Å². The van der Waals surface area contributed by atoms with Gasteiger partial charge in [0.2, 0.25) is 5.91 Å². The van der Waals surface area contributed by atoms with E-state index in [-0.39, 0.29) is 37.5 Å². The molecule has 3 aromatic rings. The lowest BCUT2D eigenvalue weighted by molar-refractivity contribution is -0.136. The Bertz CT molecular complexity index is 1190. The summed E-state index contributed by atoms with van der Waals surface area (Å²) in [6.07, 6.45) is 2.46.